The summed E-state index contributed by atoms with van der Waals surface area (Å²) in [6, 6.07) is 0. The molecule has 0 aliphatic heterocycles. The lowest BCUT2D eigenvalue weighted by molar-refractivity contribution is 0.0347. The zero-order valence-electron chi connectivity index (χ0n) is 9.45. The number of nitrogens with zero attached hydrogens (tertiary/aromatic N) is 1. The highest BCUT2D eigenvalue weighted by Crippen LogP contribution is 2.21. The molecule has 2 rings (SSSR count). The molecule has 0 bridgehead atoms. The van der Waals surface area contributed by atoms with Crippen LogP contribution in [0.25, 0.3) is 0 Å². The Morgan fingerprint density at radius 3 is 2.94 bits per heavy atom. The highest BCUT2D eigenvalue weighted by atomic mass is 32.1. The lowest BCUT2D eigenvalue weighted by Crippen LogP contribution is -2.20. The summed E-state index contributed by atoms with van der Waals surface area (Å²) in [5.74, 6) is 0. The van der Waals surface area contributed by atoms with E-state index < -0.39 is 0 Å². The quantitative estimate of drug-likeness (QED) is 0.778. The molecule has 4 nitrogen and oxygen atoms in total. The fraction of sp³-hybridized carbons (Fsp3) is 0.727. The van der Waals surface area contributed by atoms with Crippen molar-refractivity contribution in [3.63, 3.8) is 0 Å². The van der Waals surface area contributed by atoms with Crippen molar-refractivity contribution in [1.82, 2.24) is 4.98 Å². The second-order valence-corrected chi connectivity index (χ2v) is 5.19. The van der Waals surface area contributed by atoms with Gasteiger partial charge in [0.2, 0.25) is 0 Å². The van der Waals surface area contributed by atoms with Gasteiger partial charge in [0, 0.05) is 6.54 Å². The van der Waals surface area contributed by atoms with Gasteiger partial charge in [0.05, 0.1) is 18.9 Å². The third-order valence-corrected chi connectivity index (χ3v) is 3.59. The molecule has 1 aromatic rings. The van der Waals surface area contributed by atoms with Crippen molar-refractivity contribution in [2.45, 2.75) is 38.2 Å². The Morgan fingerprint density at radius 2 is 2.25 bits per heavy atom. The molecule has 0 amide bonds. The second-order valence-electron chi connectivity index (χ2n) is 4.13. The van der Waals surface area contributed by atoms with E-state index in [1.807, 2.05) is 0 Å². The highest BCUT2D eigenvalue weighted by Gasteiger charge is 2.12. The van der Waals surface area contributed by atoms with E-state index in [0.29, 0.717) is 6.10 Å². The smallest absolute Gasteiger partial charge is 0.184 e. The first-order chi connectivity index (χ1) is 7.84. The Labute approximate surface area is 100 Å². The lowest BCUT2D eigenvalue weighted by atomic mass is 9.98. The van der Waals surface area contributed by atoms with Gasteiger partial charge in [-0.2, -0.15) is 0 Å². The molecule has 3 N–H and O–H groups in total. The molecule has 5 heteroatoms. The minimum atomic E-state index is 0.483. The first-order valence-electron chi connectivity index (χ1n) is 5.91. The van der Waals surface area contributed by atoms with Gasteiger partial charge in [0.15, 0.2) is 5.13 Å². The van der Waals surface area contributed by atoms with E-state index in [1.54, 1.807) is 6.20 Å². The zero-order chi connectivity index (χ0) is 11.2. The molecular formula is C11H19N3OS. The number of aromatic nitrogens is 1. The minimum Gasteiger partial charge on any atom is -0.389 e. The number of anilines is 2. The van der Waals surface area contributed by atoms with Crippen molar-refractivity contribution < 1.29 is 4.74 Å². The van der Waals surface area contributed by atoms with Gasteiger partial charge >= 0.3 is 0 Å². The number of nitrogens with one attached hydrogen (secondary N) is 1. The van der Waals surface area contributed by atoms with Crippen molar-refractivity contribution in [1.29, 1.82) is 0 Å². The van der Waals surface area contributed by atoms with Gasteiger partial charge in [0.1, 0.15) is 5.00 Å². The molecule has 1 heterocycles. The van der Waals surface area contributed by atoms with Crippen molar-refractivity contribution >= 4 is 21.5 Å². The lowest BCUT2D eigenvalue weighted by Gasteiger charge is -2.21. The van der Waals surface area contributed by atoms with Crippen molar-refractivity contribution in [2.24, 2.45) is 0 Å². The summed E-state index contributed by atoms with van der Waals surface area (Å²) >= 11 is 1.47. The summed E-state index contributed by atoms with van der Waals surface area (Å²) in [7, 11) is 0. The number of hydrogen-bond acceptors (Lipinski definition) is 5. The van der Waals surface area contributed by atoms with Crippen LogP contribution >= 0.6 is 11.3 Å². The molecule has 0 aromatic carbocycles. The Morgan fingerprint density at radius 1 is 1.44 bits per heavy atom. The van der Waals surface area contributed by atoms with Crippen molar-refractivity contribution in [3.8, 4) is 0 Å². The van der Waals surface area contributed by atoms with Crippen LogP contribution in [0.4, 0.5) is 10.1 Å². The molecular weight excluding hydrogens is 222 g/mol. The first kappa shape index (κ1) is 11.7. The predicted molar refractivity (Wildman–Crippen MR) is 67.8 cm³/mol. The standard InChI is InChI=1S/C11H19N3OS/c12-10-8-14-11(16-10)13-6-7-15-9-4-2-1-3-5-9/h8-9H,1-7,12H2,(H,13,14). The molecule has 0 unspecified atom stereocenters. The molecule has 1 aliphatic carbocycles. The third-order valence-electron chi connectivity index (χ3n) is 2.81. The maximum atomic E-state index is 5.79. The molecule has 1 aliphatic rings. The Bertz CT molecular complexity index is 310. The van der Waals surface area contributed by atoms with Gasteiger partial charge in [-0.1, -0.05) is 30.6 Å². The van der Waals surface area contributed by atoms with Crippen molar-refractivity contribution in [2.75, 3.05) is 24.2 Å². The van der Waals surface area contributed by atoms with Crippen LogP contribution in [0.3, 0.4) is 0 Å². The number of hydrogen-bond donors (Lipinski definition) is 2. The maximum absolute atomic E-state index is 5.79. The number of nitrogen functional groups attached to an aromatic ring is 1. The SMILES string of the molecule is Nc1cnc(NCCOC2CCCCC2)s1. The molecule has 0 saturated heterocycles. The summed E-state index contributed by atoms with van der Waals surface area (Å²) in [4.78, 5) is 4.13. The Kier molecular flexibility index (Phi) is 4.42. The largest absolute Gasteiger partial charge is 0.389 e. The van der Waals surface area contributed by atoms with E-state index in [2.05, 4.69) is 10.3 Å². The Hall–Kier alpha value is -0.810. The van der Waals surface area contributed by atoms with E-state index >= 15 is 0 Å². The Balaban J connectivity index is 1.57. The topological polar surface area (TPSA) is 60.2 Å². The van der Waals surface area contributed by atoms with Gasteiger partial charge in [-0.3, -0.25) is 0 Å². The average Bonchev–Trinajstić information content (AvgIpc) is 2.72. The van der Waals surface area contributed by atoms with E-state index in [-0.39, 0.29) is 0 Å². The van der Waals surface area contributed by atoms with Gasteiger partial charge in [0.25, 0.3) is 0 Å². The molecule has 90 valence electrons. The van der Waals surface area contributed by atoms with Crippen LogP contribution in [0, 0.1) is 0 Å². The van der Waals surface area contributed by atoms with Crippen molar-refractivity contribution in [3.05, 3.63) is 6.20 Å². The van der Waals surface area contributed by atoms with Crippen LogP contribution in [-0.2, 0) is 4.74 Å². The van der Waals surface area contributed by atoms with Gasteiger partial charge < -0.3 is 15.8 Å². The van der Waals surface area contributed by atoms with Crippen LogP contribution in [0.15, 0.2) is 6.20 Å². The van der Waals surface area contributed by atoms with Gasteiger partial charge in [-0.05, 0) is 12.8 Å². The molecule has 0 atom stereocenters. The summed E-state index contributed by atoms with van der Waals surface area (Å²) in [6.07, 6.45) is 8.62. The van der Waals surface area contributed by atoms with Crippen LogP contribution in [0.2, 0.25) is 0 Å². The summed E-state index contributed by atoms with van der Waals surface area (Å²) in [5.41, 5.74) is 5.58. The molecule has 0 spiro atoms. The molecule has 16 heavy (non-hydrogen) atoms. The normalized spacial score (nSPS) is 17.5. The molecule has 1 fully saturated rings. The van der Waals surface area contributed by atoms with E-state index in [9.17, 15) is 0 Å². The predicted octanol–water partition coefficient (Wildman–Crippen LogP) is 2.49. The van der Waals surface area contributed by atoms with Crippen LogP contribution in [0.5, 0.6) is 0 Å². The monoisotopic (exact) mass is 241 g/mol. The van der Waals surface area contributed by atoms with Gasteiger partial charge in [-0.25, -0.2) is 4.98 Å². The summed E-state index contributed by atoms with van der Waals surface area (Å²) < 4.78 is 5.79. The molecule has 1 aromatic heterocycles. The highest BCUT2D eigenvalue weighted by molar-refractivity contribution is 7.19. The summed E-state index contributed by atoms with van der Waals surface area (Å²) in [5, 5.41) is 4.83. The van der Waals surface area contributed by atoms with E-state index in [0.717, 1.165) is 23.3 Å². The second kappa shape index (κ2) is 6.06. The van der Waals surface area contributed by atoms with E-state index in [1.165, 1.54) is 43.4 Å². The number of thiazole rings is 1. The molecule has 1 saturated carbocycles. The minimum absolute atomic E-state index is 0.483. The van der Waals surface area contributed by atoms with Crippen LogP contribution < -0.4 is 11.1 Å². The molecule has 0 radical (unpaired) electrons. The summed E-state index contributed by atoms with van der Waals surface area (Å²) in [6.45, 7) is 1.56. The van der Waals surface area contributed by atoms with Crippen LogP contribution in [-0.4, -0.2) is 24.2 Å². The first-order valence-corrected chi connectivity index (χ1v) is 6.73. The number of ether oxygens (including phenoxy) is 1. The van der Waals surface area contributed by atoms with E-state index in [4.69, 9.17) is 10.5 Å². The fourth-order valence-electron chi connectivity index (χ4n) is 1.98. The number of rotatable bonds is 5. The maximum Gasteiger partial charge on any atom is 0.184 e. The average molecular weight is 241 g/mol. The zero-order valence-corrected chi connectivity index (χ0v) is 10.3. The third kappa shape index (κ3) is 3.64. The fourth-order valence-corrected chi connectivity index (χ4v) is 2.59. The number of nitrogens with two attached hydrogens (primary N) is 1. The van der Waals surface area contributed by atoms with Crippen LogP contribution in [0.1, 0.15) is 32.1 Å². The van der Waals surface area contributed by atoms with Gasteiger partial charge in [-0.15, -0.1) is 0 Å².